The number of pyridine rings is 1. The molecule has 3 heterocycles. The Morgan fingerprint density at radius 2 is 2.12 bits per heavy atom. The third kappa shape index (κ3) is 2.72. The van der Waals surface area contributed by atoms with Crippen molar-refractivity contribution in [3.8, 4) is 0 Å². The standard InChI is InChI=1S/C19H23N3O2/c1-13-17(21-18(24-13)14-6-4-7-14)19(23)22-11-3-2-9-16(22)15-8-5-10-20-12-15/h5,8,10,12,14,16H,2-4,6-7,9,11H2,1H3/t16-/m1/s1. The van der Waals surface area contributed by atoms with Gasteiger partial charge in [0.25, 0.3) is 5.91 Å². The Morgan fingerprint density at radius 1 is 1.25 bits per heavy atom. The lowest BCUT2D eigenvalue weighted by Gasteiger charge is -2.35. The Balaban J connectivity index is 1.61. The number of likely N-dealkylation sites (tertiary alicyclic amines) is 1. The molecule has 1 aliphatic heterocycles. The maximum absolute atomic E-state index is 13.1. The third-order valence-corrected chi connectivity index (χ3v) is 5.30. The van der Waals surface area contributed by atoms with Gasteiger partial charge in [-0.15, -0.1) is 0 Å². The molecular weight excluding hydrogens is 302 g/mol. The summed E-state index contributed by atoms with van der Waals surface area (Å²) >= 11 is 0. The lowest BCUT2D eigenvalue weighted by atomic mass is 9.85. The molecule has 1 aliphatic carbocycles. The Hall–Kier alpha value is -2.17. The van der Waals surface area contributed by atoms with Crippen molar-refractivity contribution in [1.29, 1.82) is 0 Å². The van der Waals surface area contributed by atoms with Crippen molar-refractivity contribution < 1.29 is 9.21 Å². The van der Waals surface area contributed by atoms with Crippen molar-refractivity contribution in [3.63, 3.8) is 0 Å². The number of rotatable bonds is 3. The van der Waals surface area contributed by atoms with Crippen LogP contribution in [-0.4, -0.2) is 27.3 Å². The van der Waals surface area contributed by atoms with Crippen LogP contribution in [0.2, 0.25) is 0 Å². The van der Waals surface area contributed by atoms with Crippen molar-refractivity contribution in [1.82, 2.24) is 14.9 Å². The topological polar surface area (TPSA) is 59.2 Å². The van der Waals surface area contributed by atoms with E-state index in [1.165, 1.54) is 6.42 Å². The molecule has 24 heavy (non-hydrogen) atoms. The molecule has 126 valence electrons. The minimum atomic E-state index is -0.00428. The van der Waals surface area contributed by atoms with Crippen LogP contribution in [0.1, 0.15) is 78.2 Å². The highest BCUT2D eigenvalue weighted by Gasteiger charge is 2.33. The molecule has 0 N–H and O–H groups in total. The average Bonchev–Trinajstić information content (AvgIpc) is 2.94. The van der Waals surface area contributed by atoms with Crippen LogP contribution >= 0.6 is 0 Å². The van der Waals surface area contributed by atoms with E-state index in [4.69, 9.17) is 4.42 Å². The van der Waals surface area contributed by atoms with Crippen LogP contribution in [-0.2, 0) is 0 Å². The summed E-state index contributed by atoms with van der Waals surface area (Å²) in [7, 11) is 0. The second-order valence-electron chi connectivity index (χ2n) is 6.88. The highest BCUT2D eigenvalue weighted by atomic mass is 16.4. The summed E-state index contributed by atoms with van der Waals surface area (Å²) in [4.78, 5) is 23.9. The van der Waals surface area contributed by atoms with Crippen LogP contribution < -0.4 is 0 Å². The van der Waals surface area contributed by atoms with Gasteiger partial charge in [0.1, 0.15) is 5.76 Å². The van der Waals surface area contributed by atoms with Gasteiger partial charge >= 0.3 is 0 Å². The van der Waals surface area contributed by atoms with Crippen LogP contribution in [0.3, 0.4) is 0 Å². The first-order valence-corrected chi connectivity index (χ1v) is 8.92. The Bertz CT molecular complexity index is 721. The molecule has 4 rings (SSSR count). The van der Waals surface area contributed by atoms with E-state index in [0.717, 1.165) is 50.1 Å². The van der Waals surface area contributed by atoms with Crippen molar-refractivity contribution >= 4 is 5.91 Å². The summed E-state index contributed by atoms with van der Waals surface area (Å²) in [5.41, 5.74) is 1.60. The minimum absolute atomic E-state index is 0.00428. The molecule has 1 saturated carbocycles. The molecule has 0 spiro atoms. The zero-order chi connectivity index (χ0) is 16.5. The number of piperidine rings is 1. The number of oxazole rings is 1. The first-order valence-electron chi connectivity index (χ1n) is 8.92. The maximum atomic E-state index is 13.1. The predicted molar refractivity (Wildman–Crippen MR) is 89.7 cm³/mol. The first-order chi connectivity index (χ1) is 11.7. The van der Waals surface area contributed by atoms with E-state index in [0.29, 0.717) is 17.4 Å². The van der Waals surface area contributed by atoms with E-state index in [9.17, 15) is 4.79 Å². The highest BCUT2D eigenvalue weighted by Crippen LogP contribution is 2.37. The number of carbonyl (C=O) groups excluding carboxylic acids is 1. The Kier molecular flexibility index (Phi) is 4.08. The molecule has 1 atom stereocenters. The SMILES string of the molecule is Cc1oc(C2CCC2)nc1C(=O)N1CCCC[C@@H]1c1cccnc1. The van der Waals surface area contributed by atoms with Gasteiger partial charge in [0.15, 0.2) is 11.6 Å². The zero-order valence-corrected chi connectivity index (χ0v) is 14.1. The monoisotopic (exact) mass is 325 g/mol. The number of aromatic nitrogens is 2. The molecule has 0 aromatic carbocycles. The highest BCUT2D eigenvalue weighted by molar-refractivity contribution is 5.93. The van der Waals surface area contributed by atoms with E-state index in [1.807, 2.05) is 24.1 Å². The van der Waals surface area contributed by atoms with E-state index < -0.39 is 0 Å². The molecule has 1 amide bonds. The van der Waals surface area contributed by atoms with Gasteiger partial charge in [-0.1, -0.05) is 12.5 Å². The summed E-state index contributed by atoms with van der Waals surface area (Å²) in [6.07, 6.45) is 10.2. The van der Waals surface area contributed by atoms with Gasteiger partial charge in [0.2, 0.25) is 0 Å². The number of aryl methyl sites for hydroxylation is 1. The van der Waals surface area contributed by atoms with Crippen LogP contribution in [0.15, 0.2) is 28.9 Å². The Labute approximate surface area is 142 Å². The zero-order valence-electron chi connectivity index (χ0n) is 14.1. The van der Waals surface area contributed by atoms with Crippen molar-refractivity contribution in [2.24, 2.45) is 0 Å². The summed E-state index contributed by atoms with van der Waals surface area (Å²) in [6, 6.07) is 4.07. The molecule has 2 aromatic heterocycles. The summed E-state index contributed by atoms with van der Waals surface area (Å²) in [5.74, 6) is 1.80. The fraction of sp³-hybridized carbons (Fsp3) is 0.526. The number of hydrogen-bond donors (Lipinski definition) is 0. The van der Waals surface area contributed by atoms with Gasteiger partial charge in [0, 0.05) is 24.9 Å². The van der Waals surface area contributed by atoms with E-state index in [2.05, 4.69) is 16.0 Å². The third-order valence-electron chi connectivity index (χ3n) is 5.30. The minimum Gasteiger partial charge on any atom is -0.445 e. The van der Waals surface area contributed by atoms with Gasteiger partial charge in [-0.3, -0.25) is 9.78 Å². The molecule has 5 nitrogen and oxygen atoms in total. The smallest absolute Gasteiger partial charge is 0.276 e. The van der Waals surface area contributed by atoms with Crippen LogP contribution in [0.4, 0.5) is 0 Å². The van der Waals surface area contributed by atoms with Crippen LogP contribution in [0.5, 0.6) is 0 Å². The second-order valence-corrected chi connectivity index (χ2v) is 6.88. The summed E-state index contributed by atoms with van der Waals surface area (Å²) in [5, 5.41) is 0. The number of amides is 1. The molecule has 2 fully saturated rings. The lowest BCUT2D eigenvalue weighted by molar-refractivity contribution is 0.0604. The first kappa shape index (κ1) is 15.4. The molecule has 2 aromatic rings. The molecule has 0 unspecified atom stereocenters. The quantitative estimate of drug-likeness (QED) is 0.855. The van der Waals surface area contributed by atoms with E-state index in [-0.39, 0.29) is 11.9 Å². The molecule has 5 heteroatoms. The largest absolute Gasteiger partial charge is 0.445 e. The van der Waals surface area contributed by atoms with Crippen molar-refractivity contribution in [2.75, 3.05) is 6.54 Å². The molecular formula is C19H23N3O2. The fourth-order valence-corrected chi connectivity index (χ4v) is 3.68. The maximum Gasteiger partial charge on any atom is 0.276 e. The van der Waals surface area contributed by atoms with Crippen LogP contribution in [0.25, 0.3) is 0 Å². The van der Waals surface area contributed by atoms with E-state index >= 15 is 0 Å². The molecule has 2 aliphatic rings. The van der Waals surface area contributed by atoms with Crippen LogP contribution in [0, 0.1) is 6.92 Å². The molecule has 1 saturated heterocycles. The predicted octanol–water partition coefficient (Wildman–Crippen LogP) is 4.01. The molecule has 0 bridgehead atoms. The normalized spacial score (nSPS) is 21.5. The van der Waals surface area contributed by atoms with Gasteiger partial charge in [-0.25, -0.2) is 4.98 Å². The Morgan fingerprint density at radius 3 is 2.83 bits per heavy atom. The number of hydrogen-bond acceptors (Lipinski definition) is 4. The van der Waals surface area contributed by atoms with E-state index in [1.54, 1.807) is 6.20 Å². The van der Waals surface area contributed by atoms with Gasteiger partial charge < -0.3 is 9.32 Å². The average molecular weight is 325 g/mol. The number of carbonyl (C=O) groups is 1. The lowest BCUT2D eigenvalue weighted by Crippen LogP contribution is -2.39. The second kappa shape index (κ2) is 6.38. The van der Waals surface area contributed by atoms with Crippen molar-refractivity contribution in [2.45, 2.75) is 57.4 Å². The number of nitrogens with zero attached hydrogens (tertiary/aromatic N) is 3. The fourth-order valence-electron chi connectivity index (χ4n) is 3.68. The van der Waals surface area contributed by atoms with Gasteiger partial charge in [0.05, 0.1) is 6.04 Å². The van der Waals surface area contributed by atoms with Gasteiger partial charge in [-0.2, -0.15) is 0 Å². The summed E-state index contributed by atoms with van der Waals surface area (Å²) < 4.78 is 5.80. The summed E-state index contributed by atoms with van der Waals surface area (Å²) in [6.45, 7) is 2.62. The molecule has 0 radical (unpaired) electrons. The van der Waals surface area contributed by atoms with Gasteiger partial charge in [-0.05, 0) is 50.7 Å². The van der Waals surface area contributed by atoms with Crippen molar-refractivity contribution in [3.05, 3.63) is 47.4 Å².